The van der Waals surface area contributed by atoms with Crippen molar-refractivity contribution in [2.24, 2.45) is 5.92 Å². The highest BCUT2D eigenvalue weighted by molar-refractivity contribution is 7.99. The number of methoxy groups -OCH3 is 1. The largest absolute Gasteiger partial charge is 0.497 e. The van der Waals surface area contributed by atoms with Crippen molar-refractivity contribution in [1.82, 2.24) is 5.32 Å². The Kier molecular flexibility index (Phi) is 7.45. The van der Waals surface area contributed by atoms with Gasteiger partial charge in [0.15, 0.2) is 0 Å². The number of nitrogens with one attached hydrogen (secondary N) is 1. The molecule has 1 aliphatic carbocycles. The Morgan fingerprint density at radius 2 is 2.24 bits per heavy atom. The Bertz CT molecular complexity index is 406. The van der Waals surface area contributed by atoms with Gasteiger partial charge in [0.1, 0.15) is 5.75 Å². The molecule has 1 aromatic rings. The van der Waals surface area contributed by atoms with Gasteiger partial charge in [0.2, 0.25) is 0 Å². The van der Waals surface area contributed by atoms with Gasteiger partial charge in [-0.2, -0.15) is 11.8 Å². The van der Waals surface area contributed by atoms with E-state index >= 15 is 0 Å². The Morgan fingerprint density at radius 1 is 1.38 bits per heavy atom. The summed E-state index contributed by atoms with van der Waals surface area (Å²) >= 11 is 2.06. The normalized spacial score (nSPS) is 15.9. The second-order valence-electron chi connectivity index (χ2n) is 5.94. The molecule has 118 valence electrons. The molecule has 2 rings (SSSR count). The fourth-order valence-electron chi connectivity index (χ4n) is 2.65. The molecule has 0 aromatic heterocycles. The summed E-state index contributed by atoms with van der Waals surface area (Å²) in [4.78, 5) is 0. The monoisotopic (exact) mass is 307 g/mol. The maximum atomic E-state index is 5.34. The smallest absolute Gasteiger partial charge is 0.119 e. The van der Waals surface area contributed by atoms with Crippen LogP contribution >= 0.6 is 11.8 Å². The van der Waals surface area contributed by atoms with Gasteiger partial charge >= 0.3 is 0 Å². The Labute approximate surface area is 134 Å². The van der Waals surface area contributed by atoms with Crippen LogP contribution in [0.5, 0.6) is 5.75 Å². The van der Waals surface area contributed by atoms with E-state index in [1.807, 2.05) is 6.07 Å². The molecule has 1 atom stereocenters. The first-order valence-electron chi connectivity index (χ1n) is 8.26. The standard InChI is InChI=1S/C18H29NOS/c1-3-21-11-5-7-16(14-19-17-9-10-17)12-15-6-4-8-18(13-15)20-2/h4,6,8,13,16-17,19H,3,5,7,9-12,14H2,1-2H3. The summed E-state index contributed by atoms with van der Waals surface area (Å²) < 4.78 is 5.34. The average Bonchev–Trinajstić information content (AvgIpc) is 3.33. The zero-order valence-corrected chi connectivity index (χ0v) is 14.3. The molecule has 0 heterocycles. The van der Waals surface area contributed by atoms with Crippen LogP contribution in [0.25, 0.3) is 0 Å². The second kappa shape index (κ2) is 9.37. The molecule has 0 saturated heterocycles. The maximum absolute atomic E-state index is 5.34. The Hall–Kier alpha value is -0.670. The molecule has 0 amide bonds. The van der Waals surface area contributed by atoms with Gasteiger partial charge in [0.25, 0.3) is 0 Å². The third-order valence-electron chi connectivity index (χ3n) is 4.04. The lowest BCUT2D eigenvalue weighted by molar-refractivity contribution is 0.411. The number of ether oxygens (including phenoxy) is 1. The minimum Gasteiger partial charge on any atom is -0.497 e. The van der Waals surface area contributed by atoms with Gasteiger partial charge < -0.3 is 10.1 Å². The molecule has 0 bridgehead atoms. The van der Waals surface area contributed by atoms with E-state index in [0.717, 1.165) is 24.1 Å². The number of hydrogen-bond donors (Lipinski definition) is 1. The molecule has 1 N–H and O–H groups in total. The molecule has 0 aliphatic heterocycles. The molecule has 1 aromatic carbocycles. The lowest BCUT2D eigenvalue weighted by Gasteiger charge is -2.18. The van der Waals surface area contributed by atoms with Gasteiger partial charge in [-0.25, -0.2) is 0 Å². The number of hydrogen-bond acceptors (Lipinski definition) is 3. The molecule has 1 saturated carbocycles. The topological polar surface area (TPSA) is 21.3 Å². The van der Waals surface area contributed by atoms with Crippen LogP contribution in [0, 0.1) is 5.92 Å². The van der Waals surface area contributed by atoms with Gasteiger partial charge in [-0.1, -0.05) is 19.1 Å². The maximum Gasteiger partial charge on any atom is 0.119 e. The Morgan fingerprint density at radius 3 is 2.95 bits per heavy atom. The van der Waals surface area contributed by atoms with Gasteiger partial charge in [-0.15, -0.1) is 0 Å². The highest BCUT2D eigenvalue weighted by atomic mass is 32.2. The molecular formula is C18H29NOS. The molecule has 0 spiro atoms. The van der Waals surface area contributed by atoms with Crippen molar-refractivity contribution in [1.29, 1.82) is 0 Å². The zero-order valence-electron chi connectivity index (χ0n) is 13.4. The van der Waals surface area contributed by atoms with Crippen LogP contribution in [0.15, 0.2) is 24.3 Å². The van der Waals surface area contributed by atoms with E-state index in [-0.39, 0.29) is 0 Å². The molecule has 0 radical (unpaired) electrons. The first-order valence-corrected chi connectivity index (χ1v) is 9.41. The number of rotatable bonds is 11. The summed E-state index contributed by atoms with van der Waals surface area (Å²) in [5.74, 6) is 4.26. The SMILES string of the molecule is CCSCCCC(CNC1CC1)Cc1cccc(OC)c1. The van der Waals surface area contributed by atoms with Crippen LogP contribution in [0.2, 0.25) is 0 Å². The molecular weight excluding hydrogens is 278 g/mol. The lowest BCUT2D eigenvalue weighted by Crippen LogP contribution is -2.26. The van der Waals surface area contributed by atoms with E-state index in [9.17, 15) is 0 Å². The van der Waals surface area contributed by atoms with Gasteiger partial charge in [0, 0.05) is 6.04 Å². The van der Waals surface area contributed by atoms with Gasteiger partial charge in [0.05, 0.1) is 7.11 Å². The van der Waals surface area contributed by atoms with E-state index in [0.29, 0.717) is 0 Å². The average molecular weight is 308 g/mol. The van der Waals surface area contributed by atoms with Crippen LogP contribution in [0.4, 0.5) is 0 Å². The van der Waals surface area contributed by atoms with Crippen LogP contribution in [-0.4, -0.2) is 31.2 Å². The van der Waals surface area contributed by atoms with E-state index in [4.69, 9.17) is 4.74 Å². The summed E-state index contributed by atoms with van der Waals surface area (Å²) in [6.07, 6.45) is 6.56. The second-order valence-corrected chi connectivity index (χ2v) is 7.34. The van der Waals surface area contributed by atoms with Crippen molar-refractivity contribution < 1.29 is 4.74 Å². The fraction of sp³-hybridized carbons (Fsp3) is 0.667. The summed E-state index contributed by atoms with van der Waals surface area (Å²) in [6, 6.07) is 9.35. The molecule has 21 heavy (non-hydrogen) atoms. The van der Waals surface area contributed by atoms with Crippen molar-refractivity contribution in [3.63, 3.8) is 0 Å². The minimum absolute atomic E-state index is 0.746. The molecule has 1 unspecified atom stereocenters. The van der Waals surface area contributed by atoms with Gasteiger partial charge in [-0.3, -0.25) is 0 Å². The third-order valence-corrected chi connectivity index (χ3v) is 5.02. The van der Waals surface area contributed by atoms with Crippen molar-refractivity contribution in [2.45, 2.75) is 45.1 Å². The van der Waals surface area contributed by atoms with E-state index in [2.05, 4.69) is 42.2 Å². The molecule has 1 fully saturated rings. The van der Waals surface area contributed by atoms with Gasteiger partial charge in [-0.05, 0) is 73.8 Å². The molecule has 3 heteroatoms. The van der Waals surface area contributed by atoms with Crippen LogP contribution in [0.1, 0.15) is 38.2 Å². The first-order chi connectivity index (χ1) is 10.3. The van der Waals surface area contributed by atoms with Crippen LogP contribution in [0.3, 0.4) is 0 Å². The van der Waals surface area contributed by atoms with Crippen molar-refractivity contribution in [3.05, 3.63) is 29.8 Å². The number of thioether (sulfide) groups is 1. The predicted molar refractivity (Wildman–Crippen MR) is 93.4 cm³/mol. The van der Waals surface area contributed by atoms with Crippen LogP contribution < -0.4 is 10.1 Å². The van der Waals surface area contributed by atoms with E-state index in [1.165, 1.54) is 49.3 Å². The molecule has 2 nitrogen and oxygen atoms in total. The summed E-state index contributed by atoms with van der Waals surface area (Å²) in [7, 11) is 1.74. The van der Waals surface area contributed by atoms with Crippen molar-refractivity contribution >= 4 is 11.8 Å². The first kappa shape index (κ1) is 16.7. The summed E-state index contributed by atoms with van der Waals surface area (Å²) in [5.41, 5.74) is 1.40. The molecule has 1 aliphatic rings. The predicted octanol–water partition coefficient (Wildman–Crippen LogP) is 4.14. The number of benzene rings is 1. The summed E-state index contributed by atoms with van der Waals surface area (Å²) in [5, 5.41) is 3.71. The van der Waals surface area contributed by atoms with Crippen molar-refractivity contribution in [3.8, 4) is 5.75 Å². The summed E-state index contributed by atoms with van der Waals surface area (Å²) in [6.45, 7) is 3.41. The lowest BCUT2D eigenvalue weighted by atomic mass is 9.94. The highest BCUT2D eigenvalue weighted by Gasteiger charge is 2.22. The van der Waals surface area contributed by atoms with Crippen LogP contribution in [-0.2, 0) is 6.42 Å². The van der Waals surface area contributed by atoms with Crippen molar-refractivity contribution in [2.75, 3.05) is 25.2 Å². The quantitative estimate of drug-likeness (QED) is 0.621. The zero-order chi connectivity index (χ0) is 14.9. The van der Waals surface area contributed by atoms with E-state index < -0.39 is 0 Å². The highest BCUT2D eigenvalue weighted by Crippen LogP contribution is 2.22. The van der Waals surface area contributed by atoms with E-state index in [1.54, 1.807) is 7.11 Å². The minimum atomic E-state index is 0.746. The fourth-order valence-corrected chi connectivity index (χ4v) is 3.31. The Balaban J connectivity index is 1.82. The third kappa shape index (κ3) is 6.75.